The van der Waals surface area contributed by atoms with Gasteiger partial charge in [0.2, 0.25) is 5.91 Å². The molecule has 4 N–H and O–H groups in total. The summed E-state index contributed by atoms with van der Waals surface area (Å²) < 4.78 is 0. The quantitative estimate of drug-likeness (QED) is 0.756. The minimum Gasteiger partial charge on any atom is -0.330 e. The number of rotatable bonds is 6. The van der Waals surface area contributed by atoms with E-state index in [-0.39, 0.29) is 11.8 Å². The van der Waals surface area contributed by atoms with E-state index in [1.54, 1.807) is 6.20 Å². The third-order valence-corrected chi connectivity index (χ3v) is 3.36. The molecule has 0 unspecified atom stereocenters. The SMILES string of the molecule is CC(C)C[C@H](CN)CC(=O)Nc1cccc2cn[nH]c12. The van der Waals surface area contributed by atoms with Gasteiger partial charge < -0.3 is 11.1 Å². The molecule has 1 heterocycles. The fourth-order valence-electron chi connectivity index (χ4n) is 2.47. The van der Waals surface area contributed by atoms with Crippen LogP contribution in [0.15, 0.2) is 24.4 Å². The molecule has 2 rings (SSSR count). The smallest absolute Gasteiger partial charge is 0.224 e. The van der Waals surface area contributed by atoms with Crippen molar-refractivity contribution < 1.29 is 4.79 Å². The Bertz CT molecular complexity index is 576. The van der Waals surface area contributed by atoms with Crippen molar-refractivity contribution >= 4 is 22.5 Å². The second kappa shape index (κ2) is 6.52. The Hall–Kier alpha value is -1.88. The van der Waals surface area contributed by atoms with Gasteiger partial charge in [0.1, 0.15) is 0 Å². The maximum absolute atomic E-state index is 12.1. The van der Waals surface area contributed by atoms with Crippen LogP contribution in [0.25, 0.3) is 10.9 Å². The zero-order chi connectivity index (χ0) is 14.5. The Morgan fingerprint density at radius 1 is 1.45 bits per heavy atom. The molecule has 2 aromatic rings. The van der Waals surface area contributed by atoms with E-state index >= 15 is 0 Å². The fourth-order valence-corrected chi connectivity index (χ4v) is 2.47. The molecule has 0 radical (unpaired) electrons. The molecule has 20 heavy (non-hydrogen) atoms. The molecular weight excluding hydrogens is 252 g/mol. The summed E-state index contributed by atoms with van der Waals surface area (Å²) in [6.07, 6.45) is 3.17. The molecule has 0 saturated carbocycles. The van der Waals surface area contributed by atoms with E-state index in [0.29, 0.717) is 18.9 Å². The van der Waals surface area contributed by atoms with Crippen LogP contribution in [-0.2, 0) is 4.79 Å². The van der Waals surface area contributed by atoms with Gasteiger partial charge in [-0.2, -0.15) is 5.10 Å². The molecule has 0 aliphatic heterocycles. The van der Waals surface area contributed by atoms with E-state index in [0.717, 1.165) is 23.0 Å². The van der Waals surface area contributed by atoms with E-state index in [9.17, 15) is 4.79 Å². The molecular formula is C15H22N4O. The van der Waals surface area contributed by atoms with E-state index < -0.39 is 0 Å². The first-order valence-electron chi connectivity index (χ1n) is 7.02. The molecule has 1 amide bonds. The van der Waals surface area contributed by atoms with Gasteiger partial charge in [-0.15, -0.1) is 0 Å². The van der Waals surface area contributed by atoms with Gasteiger partial charge in [-0.3, -0.25) is 9.89 Å². The number of hydrogen-bond donors (Lipinski definition) is 3. The summed E-state index contributed by atoms with van der Waals surface area (Å²) in [4.78, 5) is 12.1. The molecule has 0 fully saturated rings. The van der Waals surface area contributed by atoms with Gasteiger partial charge in [0.25, 0.3) is 0 Å². The fraction of sp³-hybridized carbons (Fsp3) is 0.467. The maximum Gasteiger partial charge on any atom is 0.224 e. The average molecular weight is 274 g/mol. The molecule has 0 aliphatic rings. The Morgan fingerprint density at radius 3 is 2.95 bits per heavy atom. The van der Waals surface area contributed by atoms with Crippen molar-refractivity contribution in [2.75, 3.05) is 11.9 Å². The Labute approximate surface area is 118 Å². The van der Waals surface area contributed by atoms with Gasteiger partial charge in [0.15, 0.2) is 0 Å². The van der Waals surface area contributed by atoms with Crippen LogP contribution in [-0.4, -0.2) is 22.6 Å². The summed E-state index contributed by atoms with van der Waals surface area (Å²) in [6.45, 7) is 4.83. The molecule has 5 nitrogen and oxygen atoms in total. The number of fused-ring (bicyclic) bond motifs is 1. The molecule has 0 saturated heterocycles. The molecule has 1 aromatic heterocycles. The van der Waals surface area contributed by atoms with Gasteiger partial charge in [-0.25, -0.2) is 0 Å². The van der Waals surface area contributed by atoms with Gasteiger partial charge in [0.05, 0.1) is 17.4 Å². The van der Waals surface area contributed by atoms with Crippen LogP contribution >= 0.6 is 0 Å². The Balaban J connectivity index is 2.02. The summed E-state index contributed by atoms with van der Waals surface area (Å²) in [5, 5.41) is 10.8. The maximum atomic E-state index is 12.1. The summed E-state index contributed by atoms with van der Waals surface area (Å²) >= 11 is 0. The van der Waals surface area contributed by atoms with Crippen LogP contribution in [0.1, 0.15) is 26.7 Å². The molecule has 0 aliphatic carbocycles. The summed E-state index contributed by atoms with van der Waals surface area (Å²) in [7, 11) is 0. The monoisotopic (exact) mass is 274 g/mol. The first-order chi connectivity index (χ1) is 9.60. The first-order valence-corrected chi connectivity index (χ1v) is 7.02. The van der Waals surface area contributed by atoms with E-state index in [1.165, 1.54) is 0 Å². The van der Waals surface area contributed by atoms with Crippen molar-refractivity contribution in [2.45, 2.75) is 26.7 Å². The van der Waals surface area contributed by atoms with Gasteiger partial charge in [-0.05, 0) is 30.9 Å². The summed E-state index contributed by atoms with van der Waals surface area (Å²) in [5.41, 5.74) is 7.36. The van der Waals surface area contributed by atoms with Crippen LogP contribution in [0, 0.1) is 11.8 Å². The number of aromatic nitrogens is 2. The molecule has 1 atom stereocenters. The van der Waals surface area contributed by atoms with E-state index in [1.807, 2.05) is 18.2 Å². The zero-order valence-electron chi connectivity index (χ0n) is 12.0. The number of nitrogens with zero attached hydrogens (tertiary/aromatic N) is 1. The molecule has 108 valence electrons. The summed E-state index contributed by atoms with van der Waals surface area (Å²) in [6, 6.07) is 5.73. The van der Waals surface area contributed by atoms with Crippen molar-refractivity contribution in [3.05, 3.63) is 24.4 Å². The normalized spacial score (nSPS) is 12.8. The van der Waals surface area contributed by atoms with Crippen LogP contribution < -0.4 is 11.1 Å². The number of benzene rings is 1. The lowest BCUT2D eigenvalue weighted by Gasteiger charge is -2.16. The standard InChI is InChI=1S/C15H22N4O/c1-10(2)6-11(8-16)7-14(20)18-13-5-3-4-12-9-17-19-15(12)13/h3-5,9-11H,6-8,16H2,1-2H3,(H,17,19)(H,18,20)/t11-/m0/s1. The zero-order valence-corrected chi connectivity index (χ0v) is 12.0. The number of anilines is 1. The van der Waals surface area contributed by atoms with Crippen LogP contribution in [0.2, 0.25) is 0 Å². The third-order valence-electron chi connectivity index (χ3n) is 3.36. The number of hydrogen-bond acceptors (Lipinski definition) is 3. The van der Waals surface area contributed by atoms with E-state index in [4.69, 9.17) is 5.73 Å². The lowest BCUT2D eigenvalue weighted by molar-refractivity contribution is -0.117. The Kier molecular flexibility index (Phi) is 4.74. The lowest BCUT2D eigenvalue weighted by atomic mass is 9.94. The number of nitrogens with one attached hydrogen (secondary N) is 2. The molecule has 5 heteroatoms. The van der Waals surface area contributed by atoms with Crippen molar-refractivity contribution in [3.8, 4) is 0 Å². The largest absolute Gasteiger partial charge is 0.330 e. The number of H-pyrrole nitrogens is 1. The highest BCUT2D eigenvalue weighted by Crippen LogP contribution is 2.21. The van der Waals surface area contributed by atoms with Crippen molar-refractivity contribution in [1.29, 1.82) is 0 Å². The summed E-state index contributed by atoms with van der Waals surface area (Å²) in [5.74, 6) is 0.784. The van der Waals surface area contributed by atoms with Crippen LogP contribution in [0.5, 0.6) is 0 Å². The minimum absolute atomic E-state index is 0.00296. The third kappa shape index (κ3) is 3.57. The second-order valence-electron chi connectivity index (χ2n) is 5.62. The number of carbonyl (C=O) groups excluding carboxylic acids is 1. The predicted molar refractivity (Wildman–Crippen MR) is 81.3 cm³/mol. The molecule has 0 spiro atoms. The van der Waals surface area contributed by atoms with Crippen LogP contribution in [0.3, 0.4) is 0 Å². The average Bonchev–Trinajstić information content (AvgIpc) is 2.86. The number of para-hydroxylation sites is 1. The number of aromatic amines is 1. The van der Waals surface area contributed by atoms with Gasteiger partial charge >= 0.3 is 0 Å². The van der Waals surface area contributed by atoms with E-state index in [2.05, 4.69) is 29.4 Å². The van der Waals surface area contributed by atoms with Crippen LogP contribution in [0.4, 0.5) is 5.69 Å². The second-order valence-corrected chi connectivity index (χ2v) is 5.62. The molecule has 0 bridgehead atoms. The van der Waals surface area contributed by atoms with Crippen molar-refractivity contribution in [1.82, 2.24) is 10.2 Å². The minimum atomic E-state index is 0.00296. The lowest BCUT2D eigenvalue weighted by Crippen LogP contribution is -2.23. The topological polar surface area (TPSA) is 83.8 Å². The van der Waals surface area contributed by atoms with Gasteiger partial charge in [-0.1, -0.05) is 26.0 Å². The highest BCUT2D eigenvalue weighted by Gasteiger charge is 2.15. The predicted octanol–water partition coefficient (Wildman–Crippen LogP) is 2.51. The number of amides is 1. The number of nitrogens with two attached hydrogens (primary N) is 1. The van der Waals surface area contributed by atoms with Gasteiger partial charge in [0, 0.05) is 11.8 Å². The Morgan fingerprint density at radius 2 is 2.25 bits per heavy atom. The molecule has 1 aromatic carbocycles. The highest BCUT2D eigenvalue weighted by atomic mass is 16.1. The first kappa shape index (κ1) is 14.5. The number of carbonyl (C=O) groups is 1. The van der Waals surface area contributed by atoms with Crippen molar-refractivity contribution in [2.24, 2.45) is 17.6 Å². The highest BCUT2D eigenvalue weighted by molar-refractivity contribution is 6.00. The van der Waals surface area contributed by atoms with Crippen molar-refractivity contribution in [3.63, 3.8) is 0 Å².